The van der Waals surface area contributed by atoms with E-state index in [4.69, 9.17) is 25.8 Å². The number of rotatable bonds is 11. The van der Waals surface area contributed by atoms with Crippen molar-refractivity contribution in [3.63, 3.8) is 0 Å². The predicted octanol–water partition coefficient (Wildman–Crippen LogP) is 7.19. The molecular weight excluding hydrogens is 589 g/mol. The van der Waals surface area contributed by atoms with Gasteiger partial charge < -0.3 is 19.1 Å². The number of thiophene rings is 1. The van der Waals surface area contributed by atoms with Gasteiger partial charge in [-0.05, 0) is 68.1 Å². The Balaban J connectivity index is 1.28. The van der Waals surface area contributed by atoms with Gasteiger partial charge in [-0.3, -0.25) is 9.71 Å². The summed E-state index contributed by atoms with van der Waals surface area (Å²) < 4.78 is 60.4. The van der Waals surface area contributed by atoms with Gasteiger partial charge in [-0.1, -0.05) is 18.5 Å². The fourth-order valence-electron chi connectivity index (χ4n) is 4.86. The standard InChI is InChI=1S/C29H31ClFN3O5S2/c1-19-5-3-12-34(18-19)13-4-14-38-27-17-23-21(16-26(27)37-2)24(10-11-32-23)39-25-7-6-20(15-22(25)31)33-41(35,36)29-9-8-28(30)40-29/h6-11,15-17,19,33H,3-5,12-14,18H2,1-2H3. The van der Waals surface area contributed by atoms with Gasteiger partial charge in [-0.15, -0.1) is 11.3 Å². The Morgan fingerprint density at radius 2 is 1.98 bits per heavy atom. The molecule has 0 amide bonds. The van der Waals surface area contributed by atoms with Gasteiger partial charge in [0.2, 0.25) is 0 Å². The first-order chi connectivity index (χ1) is 19.7. The SMILES string of the molecule is COc1cc2c(Oc3ccc(NS(=O)(=O)c4ccc(Cl)s4)cc3F)ccnc2cc1OCCCN1CCCC(C)C1. The van der Waals surface area contributed by atoms with Crippen molar-refractivity contribution in [2.45, 2.75) is 30.4 Å². The number of likely N-dealkylation sites (tertiary alicyclic amines) is 1. The lowest BCUT2D eigenvalue weighted by Gasteiger charge is -2.30. The zero-order valence-electron chi connectivity index (χ0n) is 22.7. The molecule has 4 aromatic rings. The maximum absolute atomic E-state index is 15.0. The summed E-state index contributed by atoms with van der Waals surface area (Å²) in [4.78, 5) is 6.92. The number of hydrogen-bond acceptors (Lipinski definition) is 8. The molecule has 0 spiro atoms. The molecule has 1 fully saturated rings. The van der Waals surface area contributed by atoms with Crippen LogP contribution < -0.4 is 18.9 Å². The first kappa shape index (κ1) is 29.4. The summed E-state index contributed by atoms with van der Waals surface area (Å²) in [5.41, 5.74) is 0.653. The third kappa shape index (κ3) is 7.21. The second-order valence-corrected chi connectivity index (χ2v) is 13.6. The average Bonchev–Trinajstić information content (AvgIpc) is 3.39. The predicted molar refractivity (Wildman–Crippen MR) is 160 cm³/mol. The van der Waals surface area contributed by atoms with Crippen molar-refractivity contribution in [1.82, 2.24) is 9.88 Å². The number of sulfonamides is 1. The number of piperidine rings is 1. The van der Waals surface area contributed by atoms with E-state index in [2.05, 4.69) is 21.5 Å². The molecule has 2 aromatic heterocycles. The van der Waals surface area contributed by atoms with Crippen molar-refractivity contribution in [1.29, 1.82) is 0 Å². The molecule has 41 heavy (non-hydrogen) atoms. The van der Waals surface area contributed by atoms with Crippen LogP contribution in [-0.2, 0) is 10.0 Å². The van der Waals surface area contributed by atoms with E-state index < -0.39 is 15.8 Å². The van der Waals surface area contributed by atoms with Crippen molar-refractivity contribution in [2.75, 3.05) is 38.1 Å². The number of nitrogens with one attached hydrogen (secondary N) is 1. The third-order valence-corrected chi connectivity index (χ3v) is 9.93. The molecule has 0 radical (unpaired) electrons. The monoisotopic (exact) mass is 619 g/mol. The van der Waals surface area contributed by atoms with E-state index in [1.165, 1.54) is 37.1 Å². The second-order valence-electron chi connectivity index (χ2n) is 9.99. The number of hydrogen-bond donors (Lipinski definition) is 1. The number of pyridine rings is 1. The van der Waals surface area contributed by atoms with E-state index in [0.717, 1.165) is 49.4 Å². The lowest BCUT2D eigenvalue weighted by atomic mass is 10.0. The molecule has 2 aromatic carbocycles. The lowest BCUT2D eigenvalue weighted by Crippen LogP contribution is -2.35. The molecule has 218 valence electrons. The Hall–Kier alpha value is -3.12. The Kier molecular flexibility index (Phi) is 9.18. The summed E-state index contributed by atoms with van der Waals surface area (Å²) in [7, 11) is -2.34. The van der Waals surface area contributed by atoms with Crippen LogP contribution in [0.2, 0.25) is 4.34 Å². The van der Waals surface area contributed by atoms with E-state index in [9.17, 15) is 8.42 Å². The number of fused-ring (bicyclic) bond motifs is 1. The van der Waals surface area contributed by atoms with Crippen LogP contribution in [0.15, 0.2) is 58.9 Å². The minimum atomic E-state index is -3.90. The molecule has 8 nitrogen and oxygen atoms in total. The van der Waals surface area contributed by atoms with Crippen molar-refractivity contribution in [3.05, 3.63) is 64.9 Å². The summed E-state index contributed by atoms with van der Waals surface area (Å²) in [6, 6.07) is 11.9. The molecule has 0 saturated carbocycles. The quantitative estimate of drug-likeness (QED) is 0.178. The number of halogens is 2. The fourth-order valence-corrected chi connectivity index (χ4v) is 7.40. The summed E-state index contributed by atoms with van der Waals surface area (Å²) in [6.45, 7) is 6.11. The minimum Gasteiger partial charge on any atom is -0.493 e. The maximum atomic E-state index is 15.0. The van der Waals surface area contributed by atoms with E-state index in [-0.39, 0.29) is 15.6 Å². The van der Waals surface area contributed by atoms with Crippen LogP contribution in [0, 0.1) is 11.7 Å². The normalized spacial score (nSPS) is 16.0. The van der Waals surface area contributed by atoms with Crippen LogP contribution in [0.5, 0.6) is 23.0 Å². The molecule has 3 heterocycles. The van der Waals surface area contributed by atoms with Gasteiger partial charge in [-0.2, -0.15) is 0 Å². The van der Waals surface area contributed by atoms with Gasteiger partial charge in [0.1, 0.15) is 9.96 Å². The van der Waals surface area contributed by atoms with E-state index in [0.29, 0.717) is 39.1 Å². The molecule has 1 unspecified atom stereocenters. The third-order valence-electron chi connectivity index (χ3n) is 6.82. The highest BCUT2D eigenvalue weighted by Gasteiger charge is 2.19. The first-order valence-corrected chi connectivity index (χ1v) is 16.0. The van der Waals surface area contributed by atoms with Crippen molar-refractivity contribution >= 4 is 49.6 Å². The number of aromatic nitrogens is 1. The van der Waals surface area contributed by atoms with Crippen LogP contribution in [-0.4, -0.2) is 51.7 Å². The van der Waals surface area contributed by atoms with E-state index in [1.54, 1.807) is 31.5 Å². The van der Waals surface area contributed by atoms with Gasteiger partial charge in [0.25, 0.3) is 10.0 Å². The van der Waals surface area contributed by atoms with E-state index in [1.807, 2.05) is 0 Å². The Morgan fingerprint density at radius 1 is 1.12 bits per heavy atom. The molecule has 5 rings (SSSR count). The maximum Gasteiger partial charge on any atom is 0.271 e. The number of benzene rings is 2. The van der Waals surface area contributed by atoms with Crippen LogP contribution in [0.25, 0.3) is 10.9 Å². The summed E-state index contributed by atoms with van der Waals surface area (Å²) in [5, 5.41) is 0.609. The molecule has 12 heteroatoms. The van der Waals surface area contributed by atoms with Gasteiger partial charge in [-0.25, -0.2) is 12.8 Å². The summed E-state index contributed by atoms with van der Waals surface area (Å²) >= 11 is 6.76. The summed E-state index contributed by atoms with van der Waals surface area (Å²) in [5.74, 6) is 1.37. The fraction of sp³-hybridized carbons (Fsp3) is 0.345. The van der Waals surface area contributed by atoms with Crippen molar-refractivity contribution in [2.24, 2.45) is 5.92 Å². The molecule has 1 aliphatic rings. The average molecular weight is 620 g/mol. The number of ether oxygens (including phenoxy) is 3. The van der Waals surface area contributed by atoms with Crippen LogP contribution in [0.4, 0.5) is 10.1 Å². The molecule has 1 aliphatic heterocycles. The first-order valence-electron chi connectivity index (χ1n) is 13.3. The van der Waals surface area contributed by atoms with Crippen molar-refractivity contribution < 1.29 is 27.0 Å². The van der Waals surface area contributed by atoms with Crippen molar-refractivity contribution in [3.8, 4) is 23.0 Å². The number of methoxy groups -OCH3 is 1. The number of nitrogens with zero attached hydrogens (tertiary/aromatic N) is 2. The summed E-state index contributed by atoms with van der Waals surface area (Å²) in [6.07, 6.45) is 5.01. The molecule has 1 atom stereocenters. The highest BCUT2D eigenvalue weighted by molar-refractivity contribution is 7.94. The smallest absolute Gasteiger partial charge is 0.271 e. The van der Waals surface area contributed by atoms with Crippen LogP contribution >= 0.6 is 22.9 Å². The van der Waals surface area contributed by atoms with Crippen LogP contribution in [0.1, 0.15) is 26.2 Å². The van der Waals surface area contributed by atoms with Crippen LogP contribution in [0.3, 0.4) is 0 Å². The Morgan fingerprint density at radius 3 is 2.71 bits per heavy atom. The molecule has 1 saturated heterocycles. The topological polar surface area (TPSA) is 90.0 Å². The highest BCUT2D eigenvalue weighted by Crippen LogP contribution is 2.38. The zero-order valence-corrected chi connectivity index (χ0v) is 25.1. The lowest BCUT2D eigenvalue weighted by molar-refractivity contribution is 0.169. The largest absolute Gasteiger partial charge is 0.493 e. The number of anilines is 1. The molecule has 0 aliphatic carbocycles. The van der Waals surface area contributed by atoms with Gasteiger partial charge in [0.05, 0.1) is 29.3 Å². The Labute approximate surface area is 248 Å². The van der Waals surface area contributed by atoms with Gasteiger partial charge >= 0.3 is 0 Å². The minimum absolute atomic E-state index is 0.0282. The van der Waals surface area contributed by atoms with Gasteiger partial charge in [0, 0.05) is 36.8 Å². The second kappa shape index (κ2) is 12.8. The highest BCUT2D eigenvalue weighted by atomic mass is 35.5. The van der Waals surface area contributed by atoms with Gasteiger partial charge in [0.15, 0.2) is 23.1 Å². The van der Waals surface area contributed by atoms with E-state index >= 15 is 4.39 Å². The molecular formula is C29H31ClFN3O5S2. The molecule has 0 bridgehead atoms. The molecule has 1 N–H and O–H groups in total. The zero-order chi connectivity index (χ0) is 29.0. The Bertz CT molecular complexity index is 1630.